The molecule has 0 aliphatic rings. The van der Waals surface area contributed by atoms with Crippen molar-refractivity contribution in [1.29, 1.82) is 0 Å². The molecular formula is C26H18I2N2. The molecule has 0 fully saturated rings. The molecule has 30 heavy (non-hydrogen) atoms. The standard InChI is InChI=1S/C26H18I2N2/c27-21-15-7-9-17-23(21)29-25(19-11-3-1-4-12-19)26(20-13-5-2-6-14-20)30-24-18-10-8-16-22(24)28/h1-18H. The van der Waals surface area contributed by atoms with E-state index in [1.165, 1.54) is 0 Å². The molecule has 0 saturated heterocycles. The van der Waals surface area contributed by atoms with E-state index in [1.807, 2.05) is 72.8 Å². The van der Waals surface area contributed by atoms with Crippen LogP contribution in [0.3, 0.4) is 0 Å². The fourth-order valence-corrected chi connectivity index (χ4v) is 4.04. The van der Waals surface area contributed by atoms with Gasteiger partial charge in [0.05, 0.1) is 22.8 Å². The second kappa shape index (κ2) is 10.1. The summed E-state index contributed by atoms with van der Waals surface area (Å²) in [4.78, 5) is 10.2. The van der Waals surface area contributed by atoms with Gasteiger partial charge >= 0.3 is 0 Å². The molecule has 146 valence electrons. The van der Waals surface area contributed by atoms with Crippen molar-refractivity contribution >= 4 is 68.0 Å². The monoisotopic (exact) mass is 612 g/mol. The van der Waals surface area contributed by atoms with Crippen LogP contribution < -0.4 is 0 Å². The SMILES string of the molecule is Ic1ccccc1N=C(C(=Nc1ccccc1I)c1ccccc1)c1ccccc1. The lowest BCUT2D eigenvalue weighted by atomic mass is 9.99. The van der Waals surface area contributed by atoms with Crippen molar-refractivity contribution in [2.45, 2.75) is 0 Å². The summed E-state index contributed by atoms with van der Waals surface area (Å²) in [5.41, 5.74) is 5.64. The smallest absolute Gasteiger partial charge is 0.0972 e. The van der Waals surface area contributed by atoms with Crippen LogP contribution in [0.4, 0.5) is 11.4 Å². The predicted molar refractivity (Wildman–Crippen MR) is 144 cm³/mol. The van der Waals surface area contributed by atoms with Crippen LogP contribution >= 0.6 is 45.2 Å². The molecule has 0 spiro atoms. The van der Waals surface area contributed by atoms with E-state index in [9.17, 15) is 0 Å². The first kappa shape index (κ1) is 20.9. The zero-order valence-electron chi connectivity index (χ0n) is 16.0. The highest BCUT2D eigenvalue weighted by Crippen LogP contribution is 2.26. The molecule has 0 N–H and O–H groups in total. The Balaban J connectivity index is 1.99. The lowest BCUT2D eigenvalue weighted by Crippen LogP contribution is -2.17. The molecule has 4 rings (SSSR count). The number of nitrogens with zero attached hydrogens (tertiary/aromatic N) is 2. The number of para-hydroxylation sites is 2. The lowest BCUT2D eigenvalue weighted by molar-refractivity contribution is 1.45. The minimum Gasteiger partial charge on any atom is -0.245 e. The molecule has 0 aliphatic carbocycles. The van der Waals surface area contributed by atoms with Crippen molar-refractivity contribution < 1.29 is 0 Å². The summed E-state index contributed by atoms with van der Waals surface area (Å²) >= 11 is 4.66. The number of rotatable bonds is 5. The van der Waals surface area contributed by atoms with E-state index in [-0.39, 0.29) is 0 Å². The van der Waals surface area contributed by atoms with Gasteiger partial charge in [-0.25, -0.2) is 9.98 Å². The Kier molecular flexibility index (Phi) is 7.07. The second-order valence-corrected chi connectivity index (χ2v) is 8.88. The maximum Gasteiger partial charge on any atom is 0.0972 e. The normalized spacial score (nSPS) is 12.1. The third kappa shape index (κ3) is 5.05. The maximum absolute atomic E-state index is 5.11. The van der Waals surface area contributed by atoms with Crippen molar-refractivity contribution in [3.63, 3.8) is 0 Å². The molecule has 0 aliphatic heterocycles. The number of halogens is 2. The fourth-order valence-electron chi connectivity index (χ4n) is 3.03. The number of aliphatic imine (C=N–C) groups is 2. The predicted octanol–water partition coefficient (Wildman–Crippen LogP) is 7.84. The van der Waals surface area contributed by atoms with Crippen LogP contribution in [0, 0.1) is 7.14 Å². The summed E-state index contributed by atoms with van der Waals surface area (Å²) in [6.07, 6.45) is 0. The molecule has 0 aromatic heterocycles. The third-order valence-corrected chi connectivity index (χ3v) is 6.31. The van der Waals surface area contributed by atoms with Gasteiger partial charge in [0.15, 0.2) is 0 Å². The highest BCUT2D eigenvalue weighted by molar-refractivity contribution is 14.1. The largest absolute Gasteiger partial charge is 0.245 e. The number of hydrogen-bond acceptors (Lipinski definition) is 2. The molecule has 0 amide bonds. The average Bonchev–Trinajstić information content (AvgIpc) is 2.80. The van der Waals surface area contributed by atoms with Crippen LogP contribution in [0.25, 0.3) is 0 Å². The van der Waals surface area contributed by atoms with Crippen LogP contribution in [0.15, 0.2) is 119 Å². The molecule has 0 atom stereocenters. The molecule has 0 unspecified atom stereocenters. The van der Waals surface area contributed by atoms with Crippen LogP contribution in [-0.4, -0.2) is 11.4 Å². The van der Waals surface area contributed by atoms with Crippen LogP contribution in [0.5, 0.6) is 0 Å². The summed E-state index contributed by atoms with van der Waals surface area (Å²) in [6, 6.07) is 36.9. The average molecular weight is 612 g/mol. The van der Waals surface area contributed by atoms with Crippen molar-refractivity contribution in [2.75, 3.05) is 0 Å². The number of benzene rings is 4. The minimum absolute atomic E-state index is 0.852. The van der Waals surface area contributed by atoms with Crippen LogP contribution in [0.2, 0.25) is 0 Å². The van der Waals surface area contributed by atoms with Crippen molar-refractivity contribution in [3.05, 3.63) is 127 Å². The molecule has 0 heterocycles. The van der Waals surface area contributed by atoms with E-state index < -0.39 is 0 Å². The van der Waals surface area contributed by atoms with Gasteiger partial charge in [-0.15, -0.1) is 0 Å². The summed E-state index contributed by atoms with van der Waals surface area (Å²) in [6.45, 7) is 0. The Labute approximate surface area is 204 Å². The van der Waals surface area contributed by atoms with E-state index in [0.29, 0.717) is 0 Å². The Hall–Kier alpha value is -2.32. The van der Waals surface area contributed by atoms with E-state index in [1.54, 1.807) is 0 Å². The first-order valence-electron chi connectivity index (χ1n) is 9.50. The molecule has 0 saturated carbocycles. The fraction of sp³-hybridized carbons (Fsp3) is 0. The third-order valence-electron chi connectivity index (χ3n) is 4.49. The summed E-state index contributed by atoms with van der Waals surface area (Å²) in [7, 11) is 0. The van der Waals surface area contributed by atoms with Gasteiger partial charge in [-0.3, -0.25) is 0 Å². The summed E-state index contributed by atoms with van der Waals surface area (Å²) < 4.78 is 2.20. The molecular weight excluding hydrogens is 594 g/mol. The highest BCUT2D eigenvalue weighted by atomic mass is 127. The van der Waals surface area contributed by atoms with Crippen LogP contribution in [-0.2, 0) is 0 Å². The van der Waals surface area contributed by atoms with Gasteiger partial charge in [-0.1, -0.05) is 84.9 Å². The van der Waals surface area contributed by atoms with Gasteiger partial charge in [-0.2, -0.15) is 0 Å². The molecule has 4 heteroatoms. The van der Waals surface area contributed by atoms with Crippen molar-refractivity contribution in [1.82, 2.24) is 0 Å². The van der Waals surface area contributed by atoms with E-state index in [0.717, 1.165) is 41.1 Å². The quantitative estimate of drug-likeness (QED) is 0.162. The first-order valence-corrected chi connectivity index (χ1v) is 11.7. The summed E-state index contributed by atoms with van der Waals surface area (Å²) in [5, 5.41) is 0. The van der Waals surface area contributed by atoms with Gasteiger partial charge < -0.3 is 0 Å². The van der Waals surface area contributed by atoms with E-state index in [4.69, 9.17) is 9.98 Å². The molecule has 0 bridgehead atoms. The molecule has 4 aromatic carbocycles. The van der Waals surface area contributed by atoms with Gasteiger partial charge in [0.2, 0.25) is 0 Å². The zero-order chi connectivity index (χ0) is 20.8. The number of hydrogen-bond donors (Lipinski definition) is 0. The Morgan fingerprint density at radius 1 is 0.433 bits per heavy atom. The van der Waals surface area contributed by atoms with Crippen molar-refractivity contribution in [3.8, 4) is 0 Å². The Morgan fingerprint density at radius 2 is 0.767 bits per heavy atom. The van der Waals surface area contributed by atoms with Gasteiger partial charge in [-0.05, 0) is 69.4 Å². The van der Waals surface area contributed by atoms with Crippen molar-refractivity contribution in [2.24, 2.45) is 9.98 Å². The van der Waals surface area contributed by atoms with Gasteiger partial charge in [0, 0.05) is 18.3 Å². The summed E-state index contributed by atoms with van der Waals surface area (Å²) in [5.74, 6) is 0. The topological polar surface area (TPSA) is 24.7 Å². The minimum atomic E-state index is 0.852. The Morgan fingerprint density at radius 3 is 1.13 bits per heavy atom. The first-order chi connectivity index (χ1) is 14.7. The van der Waals surface area contributed by atoms with Gasteiger partial charge in [0.1, 0.15) is 0 Å². The van der Waals surface area contributed by atoms with Gasteiger partial charge in [0.25, 0.3) is 0 Å². The van der Waals surface area contributed by atoms with Crippen LogP contribution in [0.1, 0.15) is 11.1 Å². The maximum atomic E-state index is 5.11. The van der Waals surface area contributed by atoms with E-state index in [2.05, 4.69) is 81.6 Å². The highest BCUT2D eigenvalue weighted by Gasteiger charge is 2.16. The zero-order valence-corrected chi connectivity index (χ0v) is 20.4. The second-order valence-electron chi connectivity index (χ2n) is 6.56. The van der Waals surface area contributed by atoms with E-state index >= 15 is 0 Å². The Bertz CT molecular complexity index is 1100. The lowest BCUT2D eigenvalue weighted by Gasteiger charge is -2.13. The molecule has 2 nitrogen and oxygen atoms in total. The molecule has 4 aromatic rings. The molecule has 0 radical (unpaired) electrons.